The number of carbonyl (C=O) groups excluding carboxylic acids is 2. The molecule has 0 bridgehead atoms. The van der Waals surface area contributed by atoms with E-state index < -0.39 is 23.2 Å². The third-order valence-electron chi connectivity index (χ3n) is 5.87. The van der Waals surface area contributed by atoms with Crippen LogP contribution in [0.4, 0.5) is 10.5 Å². The van der Waals surface area contributed by atoms with Crippen LogP contribution >= 0.6 is 46.4 Å². The van der Waals surface area contributed by atoms with Gasteiger partial charge in [0, 0.05) is 26.9 Å². The van der Waals surface area contributed by atoms with E-state index in [0.717, 1.165) is 0 Å². The Bertz CT molecular complexity index is 1900. The molecule has 0 saturated carbocycles. The van der Waals surface area contributed by atoms with Gasteiger partial charge in [-0.3, -0.25) is 15.2 Å². The number of halogens is 4. The maximum atomic E-state index is 13.3. The Kier molecular flexibility index (Phi) is 7.65. The SMILES string of the molecule is CC(C)(C)OC(=O)Nc1c(-c2ccc(Cl)c3[nH]ncc23)c2cc(C(=O)Oc3c(Cl)cc(Cl)cc3Cl)ccc2[nH]c1=O. The van der Waals surface area contributed by atoms with Crippen molar-refractivity contribution < 1.29 is 19.1 Å². The standard InChI is InChI=1S/C28H20Cl4N4O5/c1-28(2,3)41-27(39)35-23-21(14-5-6-17(30)22-16(14)11-33-36-22)15-8-12(4-7-20(15)34-25(23)37)26(38)40-24-18(31)9-13(29)10-19(24)32/h4-11H,1-3H3,(H,33,36)(H,34,37)(H,35,39). The molecule has 41 heavy (non-hydrogen) atoms. The summed E-state index contributed by atoms with van der Waals surface area (Å²) in [6.45, 7) is 5.09. The van der Waals surface area contributed by atoms with E-state index >= 15 is 0 Å². The summed E-state index contributed by atoms with van der Waals surface area (Å²) in [6, 6.07) is 10.6. The second-order valence-corrected chi connectivity index (χ2v) is 11.6. The van der Waals surface area contributed by atoms with Gasteiger partial charge in [-0.25, -0.2) is 9.59 Å². The summed E-state index contributed by atoms with van der Waals surface area (Å²) in [4.78, 5) is 42.1. The first kappa shape index (κ1) is 28.8. The average Bonchev–Trinajstić information content (AvgIpc) is 3.37. The molecule has 0 fully saturated rings. The van der Waals surface area contributed by atoms with Gasteiger partial charge in [-0.2, -0.15) is 5.10 Å². The summed E-state index contributed by atoms with van der Waals surface area (Å²) < 4.78 is 10.9. The largest absolute Gasteiger partial charge is 0.444 e. The Hall–Kier alpha value is -3.76. The highest BCUT2D eigenvalue weighted by molar-refractivity contribution is 6.40. The molecule has 0 unspecified atom stereocenters. The first-order chi connectivity index (χ1) is 19.3. The summed E-state index contributed by atoms with van der Waals surface area (Å²) in [6.07, 6.45) is 0.701. The van der Waals surface area contributed by atoms with E-state index in [-0.39, 0.29) is 32.1 Å². The van der Waals surface area contributed by atoms with Crippen molar-refractivity contribution >= 4 is 86.0 Å². The lowest BCUT2D eigenvalue weighted by Gasteiger charge is -2.21. The minimum Gasteiger partial charge on any atom is -0.444 e. The van der Waals surface area contributed by atoms with Crippen molar-refractivity contribution in [3.05, 3.63) is 84.7 Å². The van der Waals surface area contributed by atoms with Gasteiger partial charge in [0.15, 0.2) is 5.75 Å². The average molecular weight is 634 g/mol. The maximum Gasteiger partial charge on any atom is 0.412 e. The molecule has 210 valence electrons. The van der Waals surface area contributed by atoms with E-state index in [4.69, 9.17) is 55.9 Å². The molecule has 2 heterocycles. The molecular formula is C28H20Cl4N4O5. The fraction of sp³-hybridized carbons (Fsp3) is 0.143. The van der Waals surface area contributed by atoms with Gasteiger partial charge in [-0.15, -0.1) is 0 Å². The van der Waals surface area contributed by atoms with Crippen LogP contribution in [0.1, 0.15) is 31.1 Å². The van der Waals surface area contributed by atoms with Crippen molar-refractivity contribution in [3.63, 3.8) is 0 Å². The van der Waals surface area contributed by atoms with Crippen LogP contribution in [-0.4, -0.2) is 32.8 Å². The quantitative estimate of drug-likeness (QED) is 0.135. The van der Waals surface area contributed by atoms with Crippen LogP contribution in [0, 0.1) is 0 Å². The molecule has 0 radical (unpaired) electrons. The third-order valence-corrected chi connectivity index (χ3v) is 6.96. The fourth-order valence-corrected chi connectivity index (χ4v) is 5.32. The van der Waals surface area contributed by atoms with E-state index in [1.807, 2.05) is 0 Å². The summed E-state index contributed by atoms with van der Waals surface area (Å²) in [5, 5.41) is 11.3. The zero-order chi connectivity index (χ0) is 29.6. The van der Waals surface area contributed by atoms with Crippen molar-refractivity contribution in [2.75, 3.05) is 5.32 Å². The van der Waals surface area contributed by atoms with Crippen LogP contribution in [0.2, 0.25) is 20.1 Å². The van der Waals surface area contributed by atoms with Crippen LogP contribution in [-0.2, 0) is 4.74 Å². The van der Waals surface area contributed by atoms with E-state index in [0.29, 0.717) is 38.0 Å². The lowest BCUT2D eigenvalue weighted by molar-refractivity contribution is 0.0634. The van der Waals surface area contributed by atoms with Gasteiger partial charge >= 0.3 is 12.1 Å². The van der Waals surface area contributed by atoms with Crippen molar-refractivity contribution in [2.45, 2.75) is 26.4 Å². The van der Waals surface area contributed by atoms with Crippen molar-refractivity contribution in [2.24, 2.45) is 0 Å². The molecule has 1 amide bonds. The number of esters is 1. The van der Waals surface area contributed by atoms with E-state index in [1.54, 1.807) is 45.2 Å². The number of pyridine rings is 1. The number of carbonyl (C=O) groups is 2. The zero-order valence-electron chi connectivity index (χ0n) is 21.6. The van der Waals surface area contributed by atoms with Gasteiger partial charge < -0.3 is 14.5 Å². The number of benzene rings is 3. The Labute approximate surface area is 252 Å². The van der Waals surface area contributed by atoms with Crippen LogP contribution in [0.5, 0.6) is 5.75 Å². The number of aromatic amines is 2. The first-order valence-electron chi connectivity index (χ1n) is 12.0. The van der Waals surface area contributed by atoms with Crippen LogP contribution in [0.15, 0.2) is 53.5 Å². The predicted molar refractivity (Wildman–Crippen MR) is 161 cm³/mol. The number of nitrogens with one attached hydrogen (secondary N) is 3. The second-order valence-electron chi connectivity index (χ2n) is 9.93. The molecule has 13 heteroatoms. The summed E-state index contributed by atoms with van der Waals surface area (Å²) >= 11 is 24.7. The molecule has 0 saturated heterocycles. The molecule has 2 aromatic heterocycles. The topological polar surface area (TPSA) is 126 Å². The van der Waals surface area contributed by atoms with Crippen LogP contribution in [0.25, 0.3) is 32.9 Å². The smallest absolute Gasteiger partial charge is 0.412 e. The van der Waals surface area contributed by atoms with E-state index in [1.165, 1.54) is 24.3 Å². The predicted octanol–water partition coefficient (Wildman–Crippen LogP) is 8.25. The molecule has 0 spiro atoms. The molecule has 5 rings (SSSR count). The summed E-state index contributed by atoms with van der Waals surface area (Å²) in [7, 11) is 0. The molecule has 5 aromatic rings. The van der Waals surface area contributed by atoms with Gasteiger partial charge in [0.2, 0.25) is 0 Å². The third kappa shape index (κ3) is 5.85. The molecule has 3 N–H and O–H groups in total. The lowest BCUT2D eigenvalue weighted by atomic mass is 9.95. The number of anilines is 1. The highest BCUT2D eigenvalue weighted by Crippen LogP contribution is 2.40. The number of rotatable bonds is 4. The molecule has 0 aliphatic rings. The molecule has 9 nitrogen and oxygen atoms in total. The summed E-state index contributed by atoms with van der Waals surface area (Å²) in [5.41, 5.74) is 0.283. The number of ether oxygens (including phenoxy) is 2. The van der Waals surface area contributed by atoms with Gasteiger partial charge in [0.05, 0.1) is 32.3 Å². The number of aromatic nitrogens is 3. The monoisotopic (exact) mass is 632 g/mol. The molecular weight excluding hydrogens is 614 g/mol. The molecule has 0 atom stereocenters. The Morgan fingerprint density at radius 1 is 0.927 bits per heavy atom. The van der Waals surface area contributed by atoms with Crippen LogP contribution in [0.3, 0.4) is 0 Å². The number of H-pyrrole nitrogens is 2. The van der Waals surface area contributed by atoms with E-state index in [2.05, 4.69) is 20.5 Å². The van der Waals surface area contributed by atoms with Gasteiger partial charge in [0.25, 0.3) is 5.56 Å². The Morgan fingerprint density at radius 3 is 2.32 bits per heavy atom. The lowest BCUT2D eigenvalue weighted by Crippen LogP contribution is -2.29. The summed E-state index contributed by atoms with van der Waals surface area (Å²) in [5.74, 6) is -0.837. The minimum atomic E-state index is -0.844. The molecule has 3 aromatic carbocycles. The number of hydrogen-bond acceptors (Lipinski definition) is 6. The van der Waals surface area contributed by atoms with Crippen molar-refractivity contribution in [3.8, 4) is 16.9 Å². The highest BCUT2D eigenvalue weighted by Gasteiger charge is 2.24. The second kappa shape index (κ2) is 10.9. The fourth-order valence-electron chi connectivity index (χ4n) is 4.22. The Balaban J connectivity index is 1.71. The minimum absolute atomic E-state index is 0.0500. The zero-order valence-corrected chi connectivity index (χ0v) is 24.6. The maximum absolute atomic E-state index is 13.3. The van der Waals surface area contributed by atoms with E-state index in [9.17, 15) is 14.4 Å². The number of amides is 1. The highest BCUT2D eigenvalue weighted by atomic mass is 35.5. The van der Waals surface area contributed by atoms with Crippen molar-refractivity contribution in [1.29, 1.82) is 0 Å². The van der Waals surface area contributed by atoms with Gasteiger partial charge in [-0.05, 0) is 62.7 Å². The van der Waals surface area contributed by atoms with Gasteiger partial charge in [0.1, 0.15) is 11.3 Å². The number of nitrogens with zero attached hydrogens (tertiary/aromatic N) is 1. The molecule has 0 aliphatic carbocycles. The van der Waals surface area contributed by atoms with Gasteiger partial charge in [-0.1, -0.05) is 52.5 Å². The molecule has 0 aliphatic heterocycles. The van der Waals surface area contributed by atoms with Crippen LogP contribution < -0.4 is 15.6 Å². The first-order valence-corrected chi connectivity index (χ1v) is 13.5. The van der Waals surface area contributed by atoms with Crippen molar-refractivity contribution in [1.82, 2.24) is 15.2 Å². The Morgan fingerprint density at radius 2 is 1.63 bits per heavy atom. The normalized spacial score (nSPS) is 11.6. The number of hydrogen-bond donors (Lipinski definition) is 3. The number of fused-ring (bicyclic) bond motifs is 2.